The Morgan fingerprint density at radius 2 is 1.50 bits per heavy atom. The molecule has 0 aromatic heterocycles. The van der Waals surface area contributed by atoms with Crippen LogP contribution in [-0.4, -0.2) is 16.8 Å². The fraction of sp³-hybridized carbons (Fsp3) is 0.0588. The van der Waals surface area contributed by atoms with Crippen molar-refractivity contribution < 1.29 is 34.9 Å². The Morgan fingerprint density at radius 3 is 1.96 bits per heavy atom. The summed E-state index contributed by atoms with van der Waals surface area (Å²) in [6.07, 6.45) is 2.82. The zero-order valence-corrected chi connectivity index (χ0v) is 13.4. The van der Waals surface area contributed by atoms with Gasteiger partial charge in [-0.3, -0.25) is 0 Å². The van der Waals surface area contributed by atoms with E-state index in [-0.39, 0.29) is 17.7 Å². The Labute approximate surface area is 146 Å². The summed E-state index contributed by atoms with van der Waals surface area (Å²) >= 11 is 4.01. The molecule has 2 aromatic carbocycles. The summed E-state index contributed by atoms with van der Waals surface area (Å²) in [5.74, 6) is -2.62. The van der Waals surface area contributed by atoms with Crippen molar-refractivity contribution in [2.75, 3.05) is 6.54 Å². The van der Waals surface area contributed by atoms with Crippen LogP contribution in [0.1, 0.15) is 11.1 Å². The molecule has 0 unspecified atom stereocenters. The number of aromatic hydroxyl groups is 2. The van der Waals surface area contributed by atoms with Crippen LogP contribution in [0.3, 0.4) is 0 Å². The van der Waals surface area contributed by atoms with Gasteiger partial charge in [0.1, 0.15) is 0 Å². The van der Waals surface area contributed by atoms with Gasteiger partial charge in [-0.2, -0.15) is 0 Å². The van der Waals surface area contributed by atoms with Crippen LogP contribution in [0.15, 0.2) is 47.7 Å². The molecule has 0 atom stereocenters. The molecule has 0 amide bonds. The van der Waals surface area contributed by atoms with Gasteiger partial charge in [-0.1, -0.05) is 0 Å². The first kappa shape index (κ1) is 18.0. The summed E-state index contributed by atoms with van der Waals surface area (Å²) in [5.41, 5.74) is 8.67. The third-order valence-electron chi connectivity index (χ3n) is 3.29. The van der Waals surface area contributed by atoms with Crippen molar-refractivity contribution in [2.45, 2.75) is 0 Å². The van der Waals surface area contributed by atoms with Crippen molar-refractivity contribution >= 4 is 12.2 Å². The van der Waals surface area contributed by atoms with E-state index in [1.165, 1.54) is 36.4 Å². The molecule has 0 saturated heterocycles. The number of phenolic OH excluding ortho intramolecular Hbond substituents is 2. The Balaban J connectivity index is 2.50. The van der Waals surface area contributed by atoms with Gasteiger partial charge in [0.2, 0.25) is 0 Å². The molecule has 2 aromatic rings. The number of para-hydroxylation sites is 2. The van der Waals surface area contributed by atoms with Crippen molar-refractivity contribution in [1.29, 1.82) is 0 Å². The molecule has 4 nitrogen and oxygen atoms in total. The van der Waals surface area contributed by atoms with E-state index in [1.54, 1.807) is 0 Å². The molecule has 127 valence electrons. The zero-order valence-electron chi connectivity index (χ0n) is 12.3. The van der Waals surface area contributed by atoms with Crippen molar-refractivity contribution in [3.8, 4) is 11.5 Å². The molecule has 0 spiro atoms. The molecule has 2 rings (SSSR count). The van der Waals surface area contributed by atoms with Gasteiger partial charge in [0, 0.05) is 0 Å². The van der Waals surface area contributed by atoms with Gasteiger partial charge in [0.05, 0.1) is 0 Å². The maximum atomic E-state index is 13.4. The van der Waals surface area contributed by atoms with E-state index in [9.17, 15) is 19.0 Å². The first-order valence-electron chi connectivity index (χ1n) is 6.84. The fourth-order valence-electron chi connectivity index (χ4n) is 2.03. The molecule has 4 N–H and O–H groups in total. The molecule has 0 aliphatic rings. The zero-order chi connectivity index (χ0) is 17.7. The number of nitrogens with one attached hydrogen (secondary N) is 2. The average molecular weight is 375 g/mol. The van der Waals surface area contributed by atoms with E-state index >= 15 is 0 Å². The predicted octanol–water partition coefficient (Wildman–Crippen LogP) is 3.13. The van der Waals surface area contributed by atoms with Crippen molar-refractivity contribution in [2.24, 2.45) is 0 Å². The fourth-order valence-corrected chi connectivity index (χ4v) is 2.28. The number of halogens is 2. The van der Waals surface area contributed by atoms with Crippen molar-refractivity contribution in [3.05, 3.63) is 70.4 Å². The summed E-state index contributed by atoms with van der Waals surface area (Å²) in [5, 5.41) is 19.5. The Morgan fingerprint density at radius 1 is 1.00 bits per heavy atom. The molecule has 0 heterocycles. The molecule has 0 saturated carbocycles. The Bertz CT molecular complexity index is 740. The van der Waals surface area contributed by atoms with Crippen LogP contribution in [0.4, 0.5) is 8.78 Å². The van der Waals surface area contributed by atoms with Gasteiger partial charge in [0.25, 0.3) is 0 Å². The number of benzene rings is 2. The van der Waals surface area contributed by atoms with E-state index in [1.807, 2.05) is 0 Å². The molecule has 0 aliphatic heterocycles. The first-order chi connectivity index (χ1) is 11.5. The number of hydrogen-bond donors (Lipinski definition) is 3. The van der Waals surface area contributed by atoms with Crippen molar-refractivity contribution in [3.63, 3.8) is 0 Å². The second-order valence-corrected chi connectivity index (χ2v) is 5.10. The topological polar surface area (TPSA) is 76.3 Å². The predicted molar refractivity (Wildman–Crippen MR) is 83.2 cm³/mol. The standard InChI is InChI=1S/C17H14F2N2O2.Co/c18-13-5-1-3-10(16(13)22)7-12(9-20)15(21)8-11-4-2-6-14(19)17(11)23;/h1-8,20-23H,9H2;/q-1;+1. The Hall–Kier alpha value is -2.35. The third kappa shape index (κ3) is 3.94. The van der Waals surface area contributed by atoms with Crippen LogP contribution >= 0.6 is 0 Å². The van der Waals surface area contributed by atoms with Gasteiger partial charge in [-0.25, -0.2) is 0 Å². The maximum absolute atomic E-state index is 13.4. The molecule has 7 heteroatoms. The van der Waals surface area contributed by atoms with Gasteiger partial charge in [0.15, 0.2) is 0 Å². The molecule has 0 fully saturated rings. The SMILES string of the molecule is [NH]CC(=Cc1cccc(F)c1O)C(=Cc1cccc(F)c1O)[NH][Co]. The minimum absolute atomic E-state index is 0.188. The van der Waals surface area contributed by atoms with Crippen molar-refractivity contribution in [1.82, 2.24) is 10.1 Å². The Kier molecular flexibility index (Phi) is 5.97. The number of rotatable bonds is 5. The van der Waals surface area contributed by atoms with Gasteiger partial charge in [-0.15, -0.1) is 0 Å². The molecule has 0 bridgehead atoms. The van der Waals surface area contributed by atoms with E-state index in [0.717, 1.165) is 12.1 Å². The summed E-state index contributed by atoms with van der Waals surface area (Å²) in [6.45, 7) is -0.218. The number of phenols is 2. The molecular formula is C17H14CoF2N2O2. The average Bonchev–Trinajstić information content (AvgIpc) is 2.58. The van der Waals surface area contributed by atoms with Gasteiger partial charge < -0.3 is 0 Å². The van der Waals surface area contributed by atoms with E-state index in [0.29, 0.717) is 11.3 Å². The number of hydrogen-bond acceptors (Lipinski definition) is 3. The van der Waals surface area contributed by atoms with E-state index < -0.39 is 23.1 Å². The minimum atomic E-state index is -0.778. The monoisotopic (exact) mass is 375 g/mol. The second-order valence-electron chi connectivity index (χ2n) is 4.84. The molecule has 24 heavy (non-hydrogen) atoms. The van der Waals surface area contributed by atoms with Crippen LogP contribution in [0.25, 0.3) is 12.2 Å². The van der Waals surface area contributed by atoms with Crippen LogP contribution in [0.2, 0.25) is 0 Å². The third-order valence-corrected chi connectivity index (χ3v) is 3.57. The summed E-state index contributed by atoms with van der Waals surface area (Å²) in [6, 6.07) is 8.07. The first-order valence-corrected chi connectivity index (χ1v) is 7.36. The van der Waals surface area contributed by atoms with E-state index in [2.05, 4.69) is 20.3 Å². The van der Waals surface area contributed by atoms with Crippen LogP contribution in [-0.2, 0) is 16.0 Å². The van der Waals surface area contributed by atoms with Crippen LogP contribution in [0, 0.1) is 11.6 Å². The van der Waals surface area contributed by atoms with Crippen LogP contribution < -0.4 is 10.1 Å². The summed E-state index contributed by atoms with van der Waals surface area (Å²) in [4.78, 5) is 0. The van der Waals surface area contributed by atoms with Gasteiger partial charge >= 0.3 is 146 Å². The molecule has 0 aliphatic carbocycles. The summed E-state index contributed by atoms with van der Waals surface area (Å²) in [7, 11) is 0. The summed E-state index contributed by atoms with van der Waals surface area (Å²) < 4.78 is 29.4. The van der Waals surface area contributed by atoms with E-state index in [4.69, 9.17) is 5.73 Å². The van der Waals surface area contributed by atoms with Crippen LogP contribution in [0.5, 0.6) is 11.5 Å². The molecular weight excluding hydrogens is 361 g/mol. The second kappa shape index (κ2) is 7.96. The molecule has 1 radical (unpaired) electrons. The quantitative estimate of drug-likeness (QED) is 0.703. The normalized spacial score (nSPS) is 12.4. The van der Waals surface area contributed by atoms with Gasteiger partial charge in [-0.05, 0) is 0 Å².